The van der Waals surface area contributed by atoms with Crippen LogP contribution in [0.3, 0.4) is 0 Å². The molecule has 3 aromatic rings. The standard InChI is InChI=1S/C18H14F2N2O5/c1-26-14-6-9(2-5-13(14)27-18(19)20)7-15-21-12-8-10(17(24)25)3-4-11(12)16(23)22-15/h2-6,8,18H,7H2,1H3,(H,24,25)(H,21,22,23). The van der Waals surface area contributed by atoms with E-state index in [1.165, 1.54) is 43.5 Å². The van der Waals surface area contributed by atoms with Crippen molar-refractivity contribution in [2.75, 3.05) is 7.11 Å². The topological polar surface area (TPSA) is 102 Å². The molecule has 0 amide bonds. The largest absolute Gasteiger partial charge is 0.493 e. The van der Waals surface area contributed by atoms with Gasteiger partial charge in [-0.25, -0.2) is 9.78 Å². The van der Waals surface area contributed by atoms with E-state index in [1.807, 2.05) is 0 Å². The van der Waals surface area contributed by atoms with E-state index in [-0.39, 0.29) is 34.4 Å². The molecule has 0 spiro atoms. The molecule has 9 heteroatoms. The average Bonchev–Trinajstić information content (AvgIpc) is 2.62. The zero-order chi connectivity index (χ0) is 19.6. The Morgan fingerprint density at radius 2 is 2.00 bits per heavy atom. The Morgan fingerprint density at radius 3 is 2.67 bits per heavy atom. The van der Waals surface area contributed by atoms with Crippen molar-refractivity contribution in [3.05, 3.63) is 63.7 Å². The van der Waals surface area contributed by atoms with Gasteiger partial charge in [-0.1, -0.05) is 6.07 Å². The molecule has 3 rings (SSSR count). The molecule has 27 heavy (non-hydrogen) atoms. The van der Waals surface area contributed by atoms with Gasteiger partial charge < -0.3 is 19.6 Å². The van der Waals surface area contributed by atoms with Gasteiger partial charge in [0.15, 0.2) is 11.5 Å². The van der Waals surface area contributed by atoms with E-state index >= 15 is 0 Å². The van der Waals surface area contributed by atoms with Crippen molar-refractivity contribution in [2.24, 2.45) is 0 Å². The number of H-pyrrole nitrogens is 1. The zero-order valence-corrected chi connectivity index (χ0v) is 14.0. The molecule has 0 aliphatic rings. The van der Waals surface area contributed by atoms with Gasteiger partial charge in [-0.15, -0.1) is 0 Å². The third-order valence-corrected chi connectivity index (χ3v) is 3.82. The highest BCUT2D eigenvalue weighted by Crippen LogP contribution is 2.30. The second kappa shape index (κ2) is 7.40. The molecule has 0 radical (unpaired) electrons. The van der Waals surface area contributed by atoms with Gasteiger partial charge in [0.2, 0.25) is 0 Å². The molecule has 1 heterocycles. The lowest BCUT2D eigenvalue weighted by atomic mass is 10.1. The van der Waals surface area contributed by atoms with Crippen LogP contribution in [0.15, 0.2) is 41.2 Å². The Hall–Kier alpha value is -3.49. The second-order valence-electron chi connectivity index (χ2n) is 5.59. The number of carboxylic acid groups (broad SMARTS) is 1. The summed E-state index contributed by atoms with van der Waals surface area (Å²) in [6.45, 7) is -2.98. The number of carboxylic acids is 1. The number of aromatic amines is 1. The third kappa shape index (κ3) is 4.02. The number of nitrogens with one attached hydrogen (secondary N) is 1. The smallest absolute Gasteiger partial charge is 0.387 e. The summed E-state index contributed by atoms with van der Waals surface area (Å²) in [6.07, 6.45) is 0.174. The van der Waals surface area contributed by atoms with E-state index in [9.17, 15) is 18.4 Å². The third-order valence-electron chi connectivity index (χ3n) is 3.82. The molecule has 0 fully saturated rings. The van der Waals surface area contributed by atoms with Gasteiger partial charge in [-0.3, -0.25) is 4.79 Å². The molecule has 0 atom stereocenters. The van der Waals surface area contributed by atoms with Crippen LogP contribution in [-0.2, 0) is 6.42 Å². The molecule has 0 saturated carbocycles. The highest BCUT2D eigenvalue weighted by atomic mass is 19.3. The van der Waals surface area contributed by atoms with Crippen molar-refractivity contribution in [3.8, 4) is 11.5 Å². The minimum atomic E-state index is -2.98. The summed E-state index contributed by atoms with van der Waals surface area (Å²) in [7, 11) is 1.32. The van der Waals surface area contributed by atoms with Gasteiger partial charge >= 0.3 is 12.6 Å². The highest BCUT2D eigenvalue weighted by molar-refractivity contribution is 5.92. The van der Waals surface area contributed by atoms with Crippen LogP contribution in [0.25, 0.3) is 10.9 Å². The van der Waals surface area contributed by atoms with Gasteiger partial charge in [-0.05, 0) is 35.9 Å². The van der Waals surface area contributed by atoms with E-state index in [2.05, 4.69) is 14.7 Å². The maximum Gasteiger partial charge on any atom is 0.387 e. The number of methoxy groups -OCH3 is 1. The van der Waals surface area contributed by atoms with E-state index in [4.69, 9.17) is 9.84 Å². The summed E-state index contributed by atoms with van der Waals surface area (Å²) >= 11 is 0. The number of hydrogen-bond donors (Lipinski definition) is 2. The van der Waals surface area contributed by atoms with E-state index < -0.39 is 18.1 Å². The molecular weight excluding hydrogens is 362 g/mol. The number of ether oxygens (including phenoxy) is 2. The SMILES string of the molecule is COc1cc(Cc2nc3cc(C(=O)O)ccc3c(=O)[nH]2)ccc1OC(F)F. The number of carbonyl (C=O) groups is 1. The molecule has 0 aliphatic heterocycles. The minimum Gasteiger partial charge on any atom is -0.493 e. The number of alkyl halides is 2. The number of aromatic carboxylic acids is 1. The monoisotopic (exact) mass is 376 g/mol. The summed E-state index contributed by atoms with van der Waals surface area (Å²) in [6, 6.07) is 8.41. The summed E-state index contributed by atoms with van der Waals surface area (Å²) in [5.41, 5.74) is 0.488. The number of rotatable bonds is 6. The van der Waals surface area contributed by atoms with Crippen LogP contribution in [0.5, 0.6) is 11.5 Å². The molecule has 1 aromatic heterocycles. The normalized spacial score (nSPS) is 11.0. The van der Waals surface area contributed by atoms with Crippen LogP contribution in [0.2, 0.25) is 0 Å². The van der Waals surface area contributed by atoms with Crippen LogP contribution in [0.4, 0.5) is 8.78 Å². The average molecular weight is 376 g/mol. The number of hydrogen-bond acceptors (Lipinski definition) is 5. The summed E-state index contributed by atoms with van der Waals surface area (Å²) in [5, 5.41) is 9.34. The highest BCUT2D eigenvalue weighted by Gasteiger charge is 2.13. The van der Waals surface area contributed by atoms with Crippen LogP contribution < -0.4 is 15.0 Å². The summed E-state index contributed by atoms with van der Waals surface area (Å²) < 4.78 is 34.2. The number of aromatic nitrogens is 2. The Bertz CT molecular complexity index is 1070. The number of nitrogens with zero attached hydrogens (tertiary/aromatic N) is 1. The minimum absolute atomic E-state index is 0.0155. The van der Waals surface area contributed by atoms with Gasteiger partial charge in [0.05, 0.1) is 23.6 Å². The quantitative estimate of drug-likeness (QED) is 0.686. The van der Waals surface area contributed by atoms with Gasteiger partial charge in [0, 0.05) is 6.42 Å². The number of benzene rings is 2. The van der Waals surface area contributed by atoms with Crippen molar-refractivity contribution in [1.29, 1.82) is 0 Å². The van der Waals surface area contributed by atoms with Crippen molar-refractivity contribution >= 4 is 16.9 Å². The molecule has 0 unspecified atom stereocenters. The molecule has 140 valence electrons. The predicted octanol–water partition coefficient (Wildman–Crippen LogP) is 2.82. The summed E-state index contributed by atoms with van der Waals surface area (Å²) in [5.74, 6) is -0.828. The fourth-order valence-corrected chi connectivity index (χ4v) is 2.61. The van der Waals surface area contributed by atoms with Crippen LogP contribution >= 0.6 is 0 Å². The summed E-state index contributed by atoms with van der Waals surface area (Å²) in [4.78, 5) is 30.2. The number of fused-ring (bicyclic) bond motifs is 1. The fourth-order valence-electron chi connectivity index (χ4n) is 2.61. The molecular formula is C18H14F2N2O5. The Labute approximate surface area is 151 Å². The first kappa shape index (κ1) is 18.3. The molecule has 7 nitrogen and oxygen atoms in total. The molecule has 0 bridgehead atoms. The first-order valence-corrected chi connectivity index (χ1v) is 7.75. The van der Waals surface area contributed by atoms with E-state index in [0.29, 0.717) is 11.4 Å². The molecule has 0 aliphatic carbocycles. The first-order chi connectivity index (χ1) is 12.9. The lowest BCUT2D eigenvalue weighted by Gasteiger charge is -2.11. The Kier molecular flexibility index (Phi) is 5.02. The van der Waals surface area contributed by atoms with Crippen molar-refractivity contribution < 1.29 is 28.2 Å². The van der Waals surface area contributed by atoms with Crippen LogP contribution in [0.1, 0.15) is 21.7 Å². The van der Waals surface area contributed by atoms with Gasteiger partial charge in [-0.2, -0.15) is 8.78 Å². The van der Waals surface area contributed by atoms with Crippen molar-refractivity contribution in [3.63, 3.8) is 0 Å². The second-order valence-corrected chi connectivity index (χ2v) is 5.59. The zero-order valence-electron chi connectivity index (χ0n) is 14.0. The lowest BCUT2D eigenvalue weighted by molar-refractivity contribution is -0.0512. The van der Waals surface area contributed by atoms with Gasteiger partial charge in [0.1, 0.15) is 5.82 Å². The van der Waals surface area contributed by atoms with Crippen molar-refractivity contribution in [1.82, 2.24) is 9.97 Å². The lowest BCUT2D eigenvalue weighted by Crippen LogP contribution is -2.13. The Morgan fingerprint density at radius 1 is 1.22 bits per heavy atom. The maximum absolute atomic E-state index is 12.4. The Balaban J connectivity index is 1.96. The van der Waals surface area contributed by atoms with Crippen LogP contribution in [-0.4, -0.2) is 34.8 Å². The van der Waals surface area contributed by atoms with Crippen LogP contribution in [0, 0.1) is 0 Å². The maximum atomic E-state index is 12.4. The predicted molar refractivity (Wildman–Crippen MR) is 91.8 cm³/mol. The first-order valence-electron chi connectivity index (χ1n) is 7.75. The van der Waals surface area contributed by atoms with E-state index in [0.717, 1.165) is 0 Å². The molecule has 0 saturated heterocycles. The molecule has 2 aromatic carbocycles. The van der Waals surface area contributed by atoms with Gasteiger partial charge in [0.25, 0.3) is 5.56 Å². The fraction of sp³-hybridized carbons (Fsp3) is 0.167. The molecule has 2 N–H and O–H groups in total. The number of halogens is 2. The van der Waals surface area contributed by atoms with E-state index in [1.54, 1.807) is 0 Å². The van der Waals surface area contributed by atoms with Crippen molar-refractivity contribution in [2.45, 2.75) is 13.0 Å².